The van der Waals surface area contributed by atoms with Gasteiger partial charge in [0.05, 0.1) is 0 Å². The molecule has 0 saturated carbocycles. The van der Waals surface area contributed by atoms with Crippen LogP contribution in [0.1, 0.15) is 24.8 Å². The summed E-state index contributed by atoms with van der Waals surface area (Å²) in [5, 5.41) is 3.81. The van der Waals surface area contributed by atoms with Gasteiger partial charge >= 0.3 is 0 Å². The maximum Gasteiger partial charge on any atom is 0.221 e. The average molecular weight is 346 g/mol. The van der Waals surface area contributed by atoms with Crippen LogP contribution in [0.5, 0.6) is 0 Å². The lowest BCUT2D eigenvalue weighted by molar-refractivity contribution is -0.121. The van der Waals surface area contributed by atoms with Crippen molar-refractivity contribution in [2.24, 2.45) is 11.7 Å². The first kappa shape index (κ1) is 19.2. The minimum atomic E-state index is 0. The van der Waals surface area contributed by atoms with Crippen LogP contribution in [0, 0.1) is 5.92 Å². The minimum absolute atomic E-state index is 0. The van der Waals surface area contributed by atoms with Crippen LogP contribution in [0.15, 0.2) is 24.3 Å². The number of rotatable bonds is 6. The normalized spacial score (nSPS) is 16.1. The summed E-state index contributed by atoms with van der Waals surface area (Å²) in [5.74, 6) is 0.644. The van der Waals surface area contributed by atoms with Crippen molar-refractivity contribution in [2.75, 3.05) is 26.2 Å². The molecule has 4 nitrogen and oxygen atoms in total. The van der Waals surface area contributed by atoms with Crippen molar-refractivity contribution in [1.82, 2.24) is 10.2 Å². The smallest absolute Gasteiger partial charge is 0.221 e. The second-order valence-corrected chi connectivity index (χ2v) is 6.06. The van der Waals surface area contributed by atoms with Gasteiger partial charge in [0.2, 0.25) is 5.91 Å². The second kappa shape index (κ2) is 10.1. The van der Waals surface area contributed by atoms with Gasteiger partial charge in [-0.05, 0) is 43.5 Å². The van der Waals surface area contributed by atoms with E-state index >= 15 is 0 Å². The molecule has 0 aromatic heterocycles. The van der Waals surface area contributed by atoms with Crippen LogP contribution in [0.4, 0.5) is 0 Å². The molecule has 0 bridgehead atoms. The Morgan fingerprint density at radius 2 is 2.00 bits per heavy atom. The van der Waals surface area contributed by atoms with Gasteiger partial charge in [-0.25, -0.2) is 0 Å². The molecule has 0 unspecified atom stereocenters. The number of nitrogens with two attached hydrogens (primary N) is 1. The monoisotopic (exact) mass is 345 g/mol. The van der Waals surface area contributed by atoms with Crippen molar-refractivity contribution in [2.45, 2.75) is 25.8 Å². The Hall–Kier alpha value is -0.810. The predicted octanol–water partition coefficient (Wildman–Crippen LogP) is 2.44. The maximum absolute atomic E-state index is 11.4. The Morgan fingerprint density at radius 3 is 2.64 bits per heavy atom. The minimum Gasteiger partial charge on any atom is -0.356 e. The number of hydrogen-bond donors (Lipinski definition) is 2. The Morgan fingerprint density at radius 1 is 1.32 bits per heavy atom. The Labute approximate surface area is 143 Å². The number of benzene rings is 1. The molecule has 1 fully saturated rings. The van der Waals surface area contributed by atoms with E-state index in [0.29, 0.717) is 18.9 Å². The summed E-state index contributed by atoms with van der Waals surface area (Å²) in [6.45, 7) is 4.22. The number of piperidine rings is 1. The van der Waals surface area contributed by atoms with Crippen LogP contribution in [-0.4, -0.2) is 37.0 Å². The fourth-order valence-corrected chi connectivity index (χ4v) is 2.89. The van der Waals surface area contributed by atoms with E-state index in [2.05, 4.69) is 16.3 Å². The van der Waals surface area contributed by atoms with E-state index < -0.39 is 0 Å². The van der Waals surface area contributed by atoms with E-state index in [1.54, 1.807) is 0 Å². The van der Waals surface area contributed by atoms with Crippen molar-refractivity contribution >= 4 is 29.9 Å². The Balaban J connectivity index is 0.00000242. The number of nitrogens with one attached hydrogen (secondary N) is 1. The van der Waals surface area contributed by atoms with Gasteiger partial charge in [-0.15, -0.1) is 12.4 Å². The molecule has 1 saturated heterocycles. The molecule has 1 aliphatic heterocycles. The van der Waals surface area contributed by atoms with Crippen LogP contribution >= 0.6 is 24.0 Å². The molecule has 2 rings (SSSR count). The van der Waals surface area contributed by atoms with Crippen LogP contribution in [0.2, 0.25) is 5.02 Å². The van der Waals surface area contributed by atoms with Crippen molar-refractivity contribution in [3.63, 3.8) is 0 Å². The van der Waals surface area contributed by atoms with E-state index in [1.165, 1.54) is 5.56 Å². The summed E-state index contributed by atoms with van der Waals surface area (Å²) in [7, 11) is 0. The topological polar surface area (TPSA) is 58.4 Å². The number of halogens is 2. The summed E-state index contributed by atoms with van der Waals surface area (Å²) in [5.41, 5.74) is 6.55. The molecule has 6 heteroatoms. The van der Waals surface area contributed by atoms with E-state index in [1.807, 2.05) is 18.2 Å². The third-order valence-electron chi connectivity index (χ3n) is 4.02. The quantitative estimate of drug-likeness (QED) is 0.832. The second-order valence-electron chi connectivity index (χ2n) is 5.65. The molecule has 1 aromatic carbocycles. The number of hydrogen-bond acceptors (Lipinski definition) is 3. The van der Waals surface area contributed by atoms with E-state index in [4.69, 9.17) is 17.3 Å². The Bertz CT molecular complexity index is 462. The van der Waals surface area contributed by atoms with Gasteiger partial charge in [-0.3, -0.25) is 9.69 Å². The molecule has 1 aromatic rings. The molecule has 124 valence electrons. The van der Waals surface area contributed by atoms with Gasteiger partial charge in [-0.1, -0.05) is 29.8 Å². The molecular weight excluding hydrogens is 321 g/mol. The van der Waals surface area contributed by atoms with Gasteiger partial charge in [0.25, 0.3) is 0 Å². The van der Waals surface area contributed by atoms with Crippen LogP contribution in [0.3, 0.4) is 0 Å². The van der Waals surface area contributed by atoms with Crippen LogP contribution in [0.25, 0.3) is 0 Å². The van der Waals surface area contributed by atoms with E-state index in [-0.39, 0.29) is 18.3 Å². The van der Waals surface area contributed by atoms with Crippen molar-refractivity contribution < 1.29 is 4.79 Å². The maximum atomic E-state index is 11.4. The molecule has 1 aliphatic rings. The molecule has 3 N–H and O–H groups in total. The highest BCUT2D eigenvalue weighted by Gasteiger charge is 2.20. The first-order valence-corrected chi connectivity index (χ1v) is 7.99. The molecule has 0 aliphatic carbocycles. The Kier molecular flexibility index (Phi) is 8.79. The first-order valence-electron chi connectivity index (χ1n) is 7.61. The fraction of sp³-hybridized carbons (Fsp3) is 0.562. The largest absolute Gasteiger partial charge is 0.356 e. The van der Waals surface area contributed by atoms with Gasteiger partial charge in [0.1, 0.15) is 0 Å². The van der Waals surface area contributed by atoms with Gasteiger partial charge in [0.15, 0.2) is 0 Å². The van der Waals surface area contributed by atoms with Crippen molar-refractivity contribution in [3.8, 4) is 0 Å². The zero-order chi connectivity index (χ0) is 15.1. The summed E-state index contributed by atoms with van der Waals surface area (Å²) in [6, 6.07) is 8.01. The summed E-state index contributed by atoms with van der Waals surface area (Å²) in [4.78, 5) is 13.8. The summed E-state index contributed by atoms with van der Waals surface area (Å²) < 4.78 is 0. The lowest BCUT2D eigenvalue weighted by Gasteiger charge is -2.32. The third kappa shape index (κ3) is 6.13. The molecule has 1 amide bonds. The molecule has 22 heavy (non-hydrogen) atoms. The van der Waals surface area contributed by atoms with Gasteiger partial charge in [-0.2, -0.15) is 0 Å². The zero-order valence-electron chi connectivity index (χ0n) is 12.8. The number of likely N-dealkylation sites (tertiary alicyclic amines) is 1. The predicted molar refractivity (Wildman–Crippen MR) is 93.4 cm³/mol. The lowest BCUT2D eigenvalue weighted by Crippen LogP contribution is -2.38. The highest BCUT2D eigenvalue weighted by Crippen LogP contribution is 2.21. The van der Waals surface area contributed by atoms with Gasteiger partial charge in [0, 0.05) is 31.1 Å². The zero-order valence-corrected chi connectivity index (χ0v) is 14.3. The summed E-state index contributed by atoms with van der Waals surface area (Å²) >= 11 is 6.20. The molecule has 0 radical (unpaired) electrons. The highest BCUT2D eigenvalue weighted by atomic mass is 35.5. The van der Waals surface area contributed by atoms with E-state index in [9.17, 15) is 4.79 Å². The fourth-order valence-electron chi connectivity index (χ4n) is 2.69. The average Bonchev–Trinajstić information content (AvgIpc) is 2.49. The number of carbonyl (C=O) groups is 1. The van der Waals surface area contributed by atoms with E-state index in [0.717, 1.165) is 44.0 Å². The number of amides is 1. The molecule has 1 heterocycles. The molecule has 0 spiro atoms. The molecule has 0 atom stereocenters. The van der Waals surface area contributed by atoms with Crippen molar-refractivity contribution in [1.29, 1.82) is 0 Å². The molecular formula is C16H25Cl2N3O. The lowest BCUT2D eigenvalue weighted by atomic mass is 9.96. The van der Waals surface area contributed by atoms with Crippen molar-refractivity contribution in [3.05, 3.63) is 34.9 Å². The van der Waals surface area contributed by atoms with Crippen LogP contribution < -0.4 is 11.1 Å². The highest BCUT2D eigenvalue weighted by molar-refractivity contribution is 6.31. The number of carbonyl (C=O) groups excluding carboxylic acids is 1. The summed E-state index contributed by atoms with van der Waals surface area (Å²) in [6.07, 6.45) is 2.66. The SMILES string of the molecule is Cl.NCCC(=O)NCC1CCN(Cc2ccccc2Cl)CC1. The third-order valence-corrected chi connectivity index (χ3v) is 4.39. The number of nitrogens with zero attached hydrogens (tertiary/aromatic N) is 1. The van der Waals surface area contributed by atoms with Gasteiger partial charge < -0.3 is 11.1 Å². The first-order chi connectivity index (χ1) is 10.2. The van der Waals surface area contributed by atoms with Crippen LogP contribution in [-0.2, 0) is 11.3 Å². The standard InChI is InChI=1S/C16H24ClN3O.ClH/c17-15-4-2-1-3-14(15)12-20-9-6-13(7-10-20)11-19-16(21)5-8-18;/h1-4,13H,5-12,18H2,(H,19,21);1H.